The summed E-state index contributed by atoms with van der Waals surface area (Å²) in [6.45, 7) is 13.5. The molecule has 0 aliphatic heterocycles. The Labute approximate surface area is 203 Å². The molecule has 1 aliphatic rings. The number of amides is 1. The molecule has 0 aromatic heterocycles. The van der Waals surface area contributed by atoms with E-state index in [2.05, 4.69) is 12.2 Å². The summed E-state index contributed by atoms with van der Waals surface area (Å²) in [6, 6.07) is 10.9. The molecule has 0 radical (unpaired) electrons. The maximum Gasteiger partial charge on any atom is 0.257 e. The van der Waals surface area contributed by atoms with Crippen LogP contribution in [0.25, 0.3) is 0 Å². The van der Waals surface area contributed by atoms with Crippen molar-refractivity contribution in [2.24, 2.45) is 17.8 Å². The lowest BCUT2D eigenvalue weighted by molar-refractivity contribution is 0.0155. The first-order valence-corrected chi connectivity index (χ1v) is 12.2. The van der Waals surface area contributed by atoms with Gasteiger partial charge in [-0.3, -0.25) is 9.59 Å². The van der Waals surface area contributed by atoms with Gasteiger partial charge in [0.15, 0.2) is 5.78 Å². The number of hydrogen-bond acceptors (Lipinski definition) is 3. The van der Waals surface area contributed by atoms with Crippen LogP contribution in [0, 0.1) is 24.7 Å². The van der Waals surface area contributed by atoms with Crippen LogP contribution >= 0.6 is 11.6 Å². The lowest BCUT2D eigenvalue weighted by atomic mass is 9.89. The van der Waals surface area contributed by atoms with E-state index in [9.17, 15) is 14.7 Å². The molecule has 2 N–H and O–H groups in total. The highest BCUT2D eigenvalue weighted by atomic mass is 35.5. The van der Waals surface area contributed by atoms with Gasteiger partial charge >= 0.3 is 0 Å². The summed E-state index contributed by atoms with van der Waals surface area (Å²) in [6.07, 6.45) is 3.37. The van der Waals surface area contributed by atoms with Crippen molar-refractivity contribution in [2.45, 2.75) is 73.3 Å². The number of carbonyl (C=O) groups is 2. The number of ketones is 1. The van der Waals surface area contributed by atoms with Gasteiger partial charge < -0.3 is 10.4 Å². The molecule has 2 aromatic carbocycles. The minimum atomic E-state index is -0.457. The lowest BCUT2D eigenvalue weighted by Gasteiger charge is -2.25. The summed E-state index contributed by atoms with van der Waals surface area (Å²) < 4.78 is 0. The van der Waals surface area contributed by atoms with Crippen LogP contribution in [0.2, 0.25) is 5.02 Å². The van der Waals surface area contributed by atoms with Crippen LogP contribution in [0.15, 0.2) is 36.4 Å². The zero-order valence-electron chi connectivity index (χ0n) is 21.0. The number of aliphatic hydroxyl groups is 1. The largest absolute Gasteiger partial charge is 0.390 e. The van der Waals surface area contributed by atoms with E-state index < -0.39 is 5.60 Å². The Bertz CT molecular complexity index is 987. The summed E-state index contributed by atoms with van der Waals surface area (Å²) in [5, 5.41) is 12.8. The van der Waals surface area contributed by atoms with Crippen molar-refractivity contribution in [3.8, 4) is 0 Å². The van der Waals surface area contributed by atoms with Crippen LogP contribution in [0.4, 0.5) is 5.69 Å². The first kappa shape index (κ1) is 27.1. The number of aryl methyl sites for hydroxylation is 2. The fourth-order valence-electron chi connectivity index (χ4n) is 3.76. The lowest BCUT2D eigenvalue weighted by Crippen LogP contribution is -2.29. The minimum absolute atomic E-state index is 0.0260. The molecule has 5 heteroatoms. The van der Waals surface area contributed by atoms with Crippen molar-refractivity contribution in [1.29, 1.82) is 0 Å². The van der Waals surface area contributed by atoms with Crippen LogP contribution < -0.4 is 5.32 Å². The van der Waals surface area contributed by atoms with Gasteiger partial charge in [-0.2, -0.15) is 0 Å². The van der Waals surface area contributed by atoms with Gasteiger partial charge in [-0.15, -0.1) is 0 Å². The topological polar surface area (TPSA) is 66.4 Å². The molecule has 0 saturated heterocycles. The molecule has 0 bridgehead atoms. The van der Waals surface area contributed by atoms with Gasteiger partial charge in [-0.05, 0) is 75.1 Å². The zero-order chi connectivity index (χ0) is 24.9. The number of anilines is 1. The number of hydrogen-bond donors (Lipinski definition) is 2. The third-order valence-electron chi connectivity index (χ3n) is 6.43. The standard InChI is InChI=1S/C20H22ClNO2.C8H16O/c1-5-14-9-7-11-16(17(14)19(23)12(2)3)22-20(24)15-10-6-8-13(4)18(15)21;1-6(7-4-5-7)8(2,3)9/h6-12H,5H2,1-4H3,(H,22,24);6-7,9H,4-5H2,1-3H3. The highest BCUT2D eigenvalue weighted by molar-refractivity contribution is 6.35. The molecule has 0 spiro atoms. The summed E-state index contributed by atoms with van der Waals surface area (Å²) >= 11 is 6.24. The molecular weight excluding hydrogens is 434 g/mol. The van der Waals surface area contributed by atoms with E-state index in [0.29, 0.717) is 27.8 Å². The van der Waals surface area contributed by atoms with Crippen molar-refractivity contribution >= 4 is 29.0 Å². The number of rotatable bonds is 7. The monoisotopic (exact) mass is 471 g/mol. The first-order chi connectivity index (χ1) is 15.4. The molecule has 1 fully saturated rings. The van der Waals surface area contributed by atoms with E-state index >= 15 is 0 Å². The Balaban J connectivity index is 0.000000357. The third kappa shape index (κ3) is 7.15. The predicted molar refractivity (Wildman–Crippen MR) is 137 cm³/mol. The van der Waals surface area contributed by atoms with Gasteiger partial charge in [0.2, 0.25) is 0 Å². The quantitative estimate of drug-likeness (QED) is 0.423. The molecule has 0 heterocycles. The molecule has 1 amide bonds. The summed E-state index contributed by atoms with van der Waals surface area (Å²) in [7, 11) is 0. The highest BCUT2D eigenvalue weighted by Gasteiger charge is 2.36. The van der Waals surface area contributed by atoms with Crippen LogP contribution in [0.1, 0.15) is 86.2 Å². The molecular formula is C28H38ClNO3. The number of carbonyl (C=O) groups excluding carboxylic acids is 2. The van der Waals surface area contributed by atoms with E-state index in [-0.39, 0.29) is 17.6 Å². The molecule has 1 atom stereocenters. The fraction of sp³-hybridized carbons (Fsp3) is 0.500. The Kier molecular flexibility index (Phi) is 9.28. The molecule has 1 aliphatic carbocycles. The summed E-state index contributed by atoms with van der Waals surface area (Å²) in [4.78, 5) is 25.2. The molecule has 33 heavy (non-hydrogen) atoms. The van der Waals surface area contributed by atoms with Crippen LogP contribution in [0.5, 0.6) is 0 Å². The van der Waals surface area contributed by atoms with Gasteiger partial charge in [-0.1, -0.05) is 63.6 Å². The Morgan fingerprint density at radius 1 is 1.12 bits per heavy atom. The normalized spacial score (nSPS) is 14.4. The second-order valence-corrected chi connectivity index (χ2v) is 10.3. The van der Waals surface area contributed by atoms with Gasteiger partial charge in [0.1, 0.15) is 0 Å². The zero-order valence-corrected chi connectivity index (χ0v) is 21.7. The maximum absolute atomic E-state index is 12.6. The number of benzene rings is 2. The summed E-state index contributed by atoms with van der Waals surface area (Å²) in [5.41, 5.74) is 2.84. The average molecular weight is 472 g/mol. The Hall–Kier alpha value is -2.17. The number of halogens is 1. The Morgan fingerprint density at radius 3 is 2.21 bits per heavy atom. The van der Waals surface area contributed by atoms with Crippen molar-refractivity contribution in [1.82, 2.24) is 0 Å². The molecule has 3 rings (SSSR count). The van der Waals surface area contributed by atoms with Crippen LogP contribution in [-0.2, 0) is 6.42 Å². The molecule has 1 saturated carbocycles. The first-order valence-electron chi connectivity index (χ1n) is 11.8. The highest BCUT2D eigenvalue weighted by Crippen LogP contribution is 2.41. The average Bonchev–Trinajstić information content (AvgIpc) is 3.59. The van der Waals surface area contributed by atoms with Crippen molar-refractivity contribution < 1.29 is 14.7 Å². The SMILES string of the molecule is CC(C1CC1)C(C)(C)O.CCc1cccc(NC(=O)c2cccc(C)c2Cl)c1C(=O)C(C)C. The second kappa shape index (κ2) is 11.3. The van der Waals surface area contributed by atoms with E-state index in [1.54, 1.807) is 18.2 Å². The van der Waals surface area contributed by atoms with Crippen LogP contribution in [-0.4, -0.2) is 22.4 Å². The van der Waals surface area contributed by atoms with Crippen molar-refractivity contribution in [3.63, 3.8) is 0 Å². The van der Waals surface area contributed by atoms with E-state index in [4.69, 9.17) is 11.6 Å². The van der Waals surface area contributed by atoms with Crippen LogP contribution in [0.3, 0.4) is 0 Å². The predicted octanol–water partition coefficient (Wildman–Crippen LogP) is 7.11. The summed E-state index contributed by atoms with van der Waals surface area (Å²) in [5.74, 6) is 0.867. The smallest absolute Gasteiger partial charge is 0.257 e. The molecule has 2 aromatic rings. The van der Waals surface area contributed by atoms with E-state index in [1.165, 1.54) is 12.8 Å². The number of Topliss-reactive ketones (excluding diaryl/α,β-unsaturated/α-hetero) is 1. The maximum atomic E-state index is 12.6. The fourth-order valence-corrected chi connectivity index (χ4v) is 3.98. The molecule has 1 unspecified atom stereocenters. The Morgan fingerprint density at radius 2 is 1.73 bits per heavy atom. The van der Waals surface area contributed by atoms with Crippen molar-refractivity contribution in [3.05, 3.63) is 63.7 Å². The van der Waals surface area contributed by atoms with Gasteiger partial charge in [-0.25, -0.2) is 0 Å². The van der Waals surface area contributed by atoms with Crippen molar-refractivity contribution in [2.75, 3.05) is 5.32 Å². The van der Waals surface area contributed by atoms with Gasteiger partial charge in [0.05, 0.1) is 21.9 Å². The van der Waals surface area contributed by atoms with Gasteiger partial charge in [0.25, 0.3) is 5.91 Å². The van der Waals surface area contributed by atoms with E-state index in [1.807, 2.05) is 59.7 Å². The minimum Gasteiger partial charge on any atom is -0.390 e. The van der Waals surface area contributed by atoms with E-state index in [0.717, 1.165) is 23.5 Å². The third-order valence-corrected chi connectivity index (χ3v) is 6.93. The number of nitrogens with one attached hydrogen (secondary N) is 1. The molecule has 4 nitrogen and oxygen atoms in total. The van der Waals surface area contributed by atoms with Gasteiger partial charge in [0, 0.05) is 11.5 Å². The molecule has 180 valence electrons. The second-order valence-electron chi connectivity index (χ2n) is 9.88.